The second-order valence-corrected chi connectivity index (χ2v) is 5.98. The fourth-order valence-electron chi connectivity index (χ4n) is 2.12. The number of amides is 2. The number of rotatable bonds is 6. The predicted molar refractivity (Wildman–Crippen MR) is 101 cm³/mol. The number of likely N-dealkylation sites (N-methyl/N-ethyl adjacent to an activating group) is 1. The van der Waals surface area contributed by atoms with E-state index in [1.807, 2.05) is 25.1 Å². The van der Waals surface area contributed by atoms with Gasteiger partial charge in [-0.05, 0) is 58.8 Å². The number of carbonyl (C=O) groups is 2. The van der Waals surface area contributed by atoms with Gasteiger partial charge in [0.15, 0.2) is 0 Å². The van der Waals surface area contributed by atoms with Gasteiger partial charge in [-0.2, -0.15) is 0 Å². The molecule has 5 nitrogen and oxygen atoms in total. The first-order chi connectivity index (χ1) is 12.0. The molecule has 0 fully saturated rings. The molecule has 0 bridgehead atoms. The zero-order valence-electron chi connectivity index (χ0n) is 14.0. The molecular weight excluding hydrogens is 384 g/mol. The molecule has 0 saturated heterocycles. The molecule has 0 atom stereocenters. The van der Waals surface area contributed by atoms with Crippen LogP contribution in [0.4, 0.5) is 0 Å². The topological polar surface area (TPSA) is 67.4 Å². The molecule has 6 heteroatoms. The fourth-order valence-corrected chi connectivity index (χ4v) is 2.58. The van der Waals surface area contributed by atoms with Crippen LogP contribution in [0.25, 0.3) is 6.08 Å². The third-order valence-electron chi connectivity index (χ3n) is 3.38. The van der Waals surface area contributed by atoms with Crippen molar-refractivity contribution in [2.75, 3.05) is 13.7 Å². The maximum atomic E-state index is 12.5. The second-order valence-electron chi connectivity index (χ2n) is 5.12. The minimum atomic E-state index is -0.363. The minimum Gasteiger partial charge on any atom is -0.497 e. The van der Waals surface area contributed by atoms with E-state index in [4.69, 9.17) is 4.74 Å². The lowest BCUT2D eigenvalue weighted by Crippen LogP contribution is -2.34. The Balaban J connectivity index is 2.29. The van der Waals surface area contributed by atoms with Crippen LogP contribution in [0.1, 0.15) is 22.8 Å². The zero-order valence-corrected chi connectivity index (χ0v) is 15.6. The van der Waals surface area contributed by atoms with Crippen LogP contribution in [-0.4, -0.2) is 25.5 Å². The van der Waals surface area contributed by atoms with E-state index < -0.39 is 0 Å². The molecule has 2 N–H and O–H groups in total. The molecule has 0 unspecified atom stereocenters. The number of halogens is 1. The van der Waals surface area contributed by atoms with Crippen LogP contribution < -0.4 is 15.4 Å². The SMILES string of the molecule is CCNC(=O)/C(=C/c1ccc(OC)cc1)NC(=O)c1ccccc1Br. The molecule has 2 amide bonds. The Morgan fingerprint density at radius 1 is 1.12 bits per heavy atom. The van der Waals surface area contributed by atoms with Crippen molar-refractivity contribution in [3.63, 3.8) is 0 Å². The summed E-state index contributed by atoms with van der Waals surface area (Å²) in [5.41, 5.74) is 1.40. The summed E-state index contributed by atoms with van der Waals surface area (Å²) in [6.45, 7) is 2.28. The smallest absolute Gasteiger partial charge is 0.267 e. The molecule has 0 aliphatic heterocycles. The van der Waals surface area contributed by atoms with Crippen LogP contribution in [0.2, 0.25) is 0 Å². The van der Waals surface area contributed by atoms with Crippen LogP contribution in [0.15, 0.2) is 58.7 Å². The first-order valence-electron chi connectivity index (χ1n) is 7.75. The largest absolute Gasteiger partial charge is 0.497 e. The second kappa shape index (κ2) is 9.03. The highest BCUT2D eigenvalue weighted by Crippen LogP contribution is 2.17. The molecule has 0 heterocycles. The standard InChI is InChI=1S/C19H19BrN2O3/c1-3-21-19(24)17(12-13-8-10-14(25-2)11-9-13)22-18(23)15-6-4-5-7-16(15)20/h4-12H,3H2,1-2H3,(H,21,24)(H,22,23)/b17-12-. The van der Waals surface area contributed by atoms with Gasteiger partial charge in [0, 0.05) is 11.0 Å². The highest BCUT2D eigenvalue weighted by atomic mass is 79.9. The maximum absolute atomic E-state index is 12.5. The molecule has 0 aromatic heterocycles. The van der Waals surface area contributed by atoms with E-state index in [2.05, 4.69) is 26.6 Å². The Bertz CT molecular complexity index is 786. The molecule has 25 heavy (non-hydrogen) atoms. The monoisotopic (exact) mass is 402 g/mol. The van der Waals surface area contributed by atoms with E-state index in [0.29, 0.717) is 22.3 Å². The van der Waals surface area contributed by atoms with Crippen molar-refractivity contribution in [1.82, 2.24) is 10.6 Å². The Morgan fingerprint density at radius 2 is 1.80 bits per heavy atom. The molecule has 0 spiro atoms. The van der Waals surface area contributed by atoms with Crippen molar-refractivity contribution < 1.29 is 14.3 Å². The van der Waals surface area contributed by atoms with E-state index in [1.165, 1.54) is 0 Å². The Hall–Kier alpha value is -2.60. The van der Waals surface area contributed by atoms with Gasteiger partial charge in [-0.1, -0.05) is 24.3 Å². The van der Waals surface area contributed by atoms with Gasteiger partial charge >= 0.3 is 0 Å². The highest BCUT2D eigenvalue weighted by molar-refractivity contribution is 9.10. The molecule has 2 rings (SSSR count). The lowest BCUT2D eigenvalue weighted by atomic mass is 10.1. The summed E-state index contributed by atoms with van der Waals surface area (Å²) in [4.78, 5) is 24.8. The van der Waals surface area contributed by atoms with E-state index in [9.17, 15) is 9.59 Å². The molecule has 0 radical (unpaired) electrons. The van der Waals surface area contributed by atoms with Crippen molar-refractivity contribution >= 4 is 33.8 Å². The average molecular weight is 403 g/mol. The molecule has 0 saturated carbocycles. The summed E-state index contributed by atoms with van der Waals surface area (Å²) in [5, 5.41) is 5.39. The summed E-state index contributed by atoms with van der Waals surface area (Å²) < 4.78 is 5.78. The van der Waals surface area contributed by atoms with Gasteiger partial charge in [0.05, 0.1) is 12.7 Å². The van der Waals surface area contributed by atoms with Crippen molar-refractivity contribution in [2.45, 2.75) is 6.92 Å². The number of hydrogen-bond donors (Lipinski definition) is 2. The van der Waals surface area contributed by atoms with Gasteiger partial charge < -0.3 is 15.4 Å². The molecule has 2 aromatic rings. The summed E-state index contributed by atoms with van der Waals surface area (Å²) in [6.07, 6.45) is 1.62. The van der Waals surface area contributed by atoms with E-state index in [1.54, 1.807) is 43.5 Å². The Morgan fingerprint density at radius 3 is 2.40 bits per heavy atom. The number of carbonyl (C=O) groups excluding carboxylic acids is 2. The number of benzene rings is 2. The predicted octanol–water partition coefficient (Wildman–Crippen LogP) is 3.36. The van der Waals surface area contributed by atoms with Crippen molar-refractivity contribution in [3.05, 3.63) is 69.8 Å². The van der Waals surface area contributed by atoms with Gasteiger partial charge in [0.2, 0.25) is 0 Å². The van der Waals surface area contributed by atoms with Crippen LogP contribution in [0.3, 0.4) is 0 Å². The van der Waals surface area contributed by atoms with Crippen molar-refractivity contribution in [2.24, 2.45) is 0 Å². The zero-order chi connectivity index (χ0) is 18.2. The number of ether oxygens (including phenoxy) is 1. The summed E-state index contributed by atoms with van der Waals surface area (Å²) in [5.74, 6) is 0.00572. The van der Waals surface area contributed by atoms with Gasteiger partial charge in [-0.15, -0.1) is 0 Å². The maximum Gasteiger partial charge on any atom is 0.267 e. The normalized spacial score (nSPS) is 10.9. The third-order valence-corrected chi connectivity index (χ3v) is 4.07. The van der Waals surface area contributed by atoms with Crippen molar-refractivity contribution in [1.29, 1.82) is 0 Å². The first kappa shape index (κ1) is 18.7. The molecule has 130 valence electrons. The van der Waals surface area contributed by atoms with E-state index >= 15 is 0 Å². The van der Waals surface area contributed by atoms with Gasteiger partial charge in [0.1, 0.15) is 11.4 Å². The third kappa shape index (κ3) is 5.19. The van der Waals surface area contributed by atoms with Crippen LogP contribution in [0, 0.1) is 0 Å². The number of methoxy groups -OCH3 is 1. The van der Waals surface area contributed by atoms with Crippen LogP contribution in [-0.2, 0) is 4.79 Å². The summed E-state index contributed by atoms with van der Waals surface area (Å²) in [6, 6.07) is 14.2. The Labute approximate surface area is 155 Å². The highest BCUT2D eigenvalue weighted by Gasteiger charge is 2.15. The minimum absolute atomic E-state index is 0.174. The molecule has 2 aromatic carbocycles. The molecule has 0 aliphatic carbocycles. The van der Waals surface area contributed by atoms with Crippen LogP contribution >= 0.6 is 15.9 Å². The first-order valence-corrected chi connectivity index (χ1v) is 8.54. The van der Waals surface area contributed by atoms with Gasteiger partial charge in [0.25, 0.3) is 11.8 Å². The lowest BCUT2D eigenvalue weighted by Gasteiger charge is -2.11. The van der Waals surface area contributed by atoms with Crippen LogP contribution in [0.5, 0.6) is 5.75 Å². The molecular formula is C19H19BrN2O3. The number of nitrogens with one attached hydrogen (secondary N) is 2. The quantitative estimate of drug-likeness (QED) is 0.727. The molecule has 0 aliphatic rings. The Kier molecular flexibility index (Phi) is 6.77. The van der Waals surface area contributed by atoms with Crippen molar-refractivity contribution in [3.8, 4) is 5.75 Å². The van der Waals surface area contributed by atoms with E-state index in [0.717, 1.165) is 5.56 Å². The number of hydrogen-bond acceptors (Lipinski definition) is 3. The van der Waals surface area contributed by atoms with Gasteiger partial charge in [-0.3, -0.25) is 9.59 Å². The van der Waals surface area contributed by atoms with E-state index in [-0.39, 0.29) is 17.5 Å². The summed E-state index contributed by atoms with van der Waals surface area (Å²) in [7, 11) is 1.59. The fraction of sp³-hybridized carbons (Fsp3) is 0.158. The van der Waals surface area contributed by atoms with Gasteiger partial charge in [-0.25, -0.2) is 0 Å². The lowest BCUT2D eigenvalue weighted by molar-refractivity contribution is -0.117. The summed E-state index contributed by atoms with van der Waals surface area (Å²) >= 11 is 3.34. The average Bonchev–Trinajstić information content (AvgIpc) is 2.62.